The molecule has 5 heteroatoms. The van der Waals surface area contributed by atoms with Crippen molar-refractivity contribution in [2.24, 2.45) is 17.8 Å². The van der Waals surface area contributed by atoms with E-state index in [0.717, 1.165) is 0 Å². The Morgan fingerprint density at radius 2 is 1.71 bits per heavy atom. The van der Waals surface area contributed by atoms with E-state index in [-0.39, 0.29) is 23.6 Å². The Kier molecular flexibility index (Phi) is 3.33. The Labute approximate surface area is 122 Å². The quantitative estimate of drug-likeness (QED) is 0.625. The van der Waals surface area contributed by atoms with Gasteiger partial charge in [0.2, 0.25) is 11.8 Å². The molecule has 2 N–H and O–H groups in total. The van der Waals surface area contributed by atoms with Crippen molar-refractivity contribution in [3.05, 3.63) is 48.0 Å². The number of fused-ring (bicyclic) bond motifs is 1. The Hall–Kier alpha value is -2.43. The van der Waals surface area contributed by atoms with Crippen molar-refractivity contribution in [3.63, 3.8) is 0 Å². The van der Waals surface area contributed by atoms with E-state index < -0.39 is 17.9 Å². The summed E-state index contributed by atoms with van der Waals surface area (Å²) in [6.45, 7) is 1.90. The number of carbonyl (C=O) groups is 3. The summed E-state index contributed by atoms with van der Waals surface area (Å²) in [4.78, 5) is 36.0. The number of benzene rings is 1. The van der Waals surface area contributed by atoms with Gasteiger partial charge in [-0.25, -0.2) is 0 Å². The van der Waals surface area contributed by atoms with Gasteiger partial charge >= 0.3 is 0 Å². The first kappa shape index (κ1) is 13.5. The lowest BCUT2D eigenvalue weighted by Crippen LogP contribution is -2.46. The summed E-state index contributed by atoms with van der Waals surface area (Å²) < 4.78 is 0. The third-order valence-electron chi connectivity index (χ3n) is 4.15. The zero-order chi connectivity index (χ0) is 15.0. The van der Waals surface area contributed by atoms with Gasteiger partial charge in [-0.3, -0.25) is 19.7 Å². The van der Waals surface area contributed by atoms with Crippen LogP contribution in [0.2, 0.25) is 0 Å². The van der Waals surface area contributed by atoms with Crippen molar-refractivity contribution in [2.75, 3.05) is 0 Å². The summed E-state index contributed by atoms with van der Waals surface area (Å²) in [5.41, 5.74) is 0.533. The minimum atomic E-state index is -0.523. The zero-order valence-corrected chi connectivity index (χ0v) is 11.6. The van der Waals surface area contributed by atoms with Crippen LogP contribution in [-0.4, -0.2) is 23.8 Å². The second kappa shape index (κ2) is 5.16. The van der Waals surface area contributed by atoms with Crippen LogP contribution in [-0.2, 0) is 9.59 Å². The van der Waals surface area contributed by atoms with Gasteiger partial charge in [-0.05, 0) is 18.1 Å². The lowest BCUT2D eigenvalue weighted by Gasteiger charge is -2.30. The monoisotopic (exact) mass is 284 g/mol. The predicted octanol–water partition coefficient (Wildman–Crippen LogP) is 0.880. The van der Waals surface area contributed by atoms with Gasteiger partial charge in [0, 0.05) is 5.56 Å². The van der Waals surface area contributed by atoms with Crippen LogP contribution in [0.3, 0.4) is 0 Å². The average molecular weight is 284 g/mol. The van der Waals surface area contributed by atoms with Crippen molar-refractivity contribution < 1.29 is 14.4 Å². The van der Waals surface area contributed by atoms with Gasteiger partial charge in [0.15, 0.2) is 0 Å². The third kappa shape index (κ3) is 2.35. The van der Waals surface area contributed by atoms with Gasteiger partial charge in [0.25, 0.3) is 5.91 Å². The molecule has 21 heavy (non-hydrogen) atoms. The number of imide groups is 1. The Morgan fingerprint density at radius 1 is 1.05 bits per heavy atom. The van der Waals surface area contributed by atoms with E-state index in [4.69, 9.17) is 0 Å². The number of carbonyl (C=O) groups excluding carboxylic acids is 3. The average Bonchev–Trinajstić information content (AvgIpc) is 2.79. The first-order chi connectivity index (χ1) is 10.1. The molecule has 2 aliphatic rings. The number of hydrogen-bond acceptors (Lipinski definition) is 3. The molecule has 1 aliphatic heterocycles. The van der Waals surface area contributed by atoms with E-state index in [0.29, 0.717) is 5.56 Å². The topological polar surface area (TPSA) is 75.3 Å². The molecule has 0 unspecified atom stereocenters. The molecule has 1 aromatic rings. The summed E-state index contributed by atoms with van der Waals surface area (Å²) in [7, 11) is 0. The molecular weight excluding hydrogens is 268 g/mol. The molecule has 3 rings (SSSR count). The van der Waals surface area contributed by atoms with E-state index in [1.54, 1.807) is 24.3 Å². The van der Waals surface area contributed by atoms with Crippen molar-refractivity contribution in [3.8, 4) is 0 Å². The van der Waals surface area contributed by atoms with Crippen molar-refractivity contribution in [2.45, 2.75) is 13.0 Å². The molecule has 1 heterocycles. The molecule has 108 valence electrons. The lowest BCUT2D eigenvalue weighted by molar-refractivity contribution is -0.126. The van der Waals surface area contributed by atoms with Crippen molar-refractivity contribution >= 4 is 17.7 Å². The van der Waals surface area contributed by atoms with E-state index in [2.05, 4.69) is 10.6 Å². The molecular formula is C16H16N2O3. The van der Waals surface area contributed by atoms with Crippen LogP contribution in [0.25, 0.3) is 0 Å². The molecule has 0 bridgehead atoms. The Morgan fingerprint density at radius 3 is 2.43 bits per heavy atom. The van der Waals surface area contributed by atoms with Crippen molar-refractivity contribution in [1.82, 2.24) is 10.6 Å². The molecule has 0 radical (unpaired) electrons. The minimum Gasteiger partial charge on any atom is -0.345 e. The number of nitrogens with one attached hydrogen (secondary N) is 2. The summed E-state index contributed by atoms with van der Waals surface area (Å²) >= 11 is 0. The van der Waals surface area contributed by atoms with Crippen LogP contribution >= 0.6 is 0 Å². The fraction of sp³-hybridized carbons (Fsp3) is 0.312. The van der Waals surface area contributed by atoms with Gasteiger partial charge in [-0.15, -0.1) is 0 Å². The van der Waals surface area contributed by atoms with Gasteiger partial charge in [0.05, 0.1) is 17.9 Å². The normalized spacial score (nSPS) is 30.7. The zero-order valence-electron chi connectivity index (χ0n) is 11.6. The van der Waals surface area contributed by atoms with Crippen molar-refractivity contribution in [1.29, 1.82) is 0 Å². The molecule has 1 aliphatic carbocycles. The largest absolute Gasteiger partial charge is 0.345 e. The van der Waals surface area contributed by atoms with Crippen LogP contribution in [0.15, 0.2) is 42.5 Å². The van der Waals surface area contributed by atoms with Gasteiger partial charge in [-0.2, -0.15) is 0 Å². The maximum atomic E-state index is 12.2. The number of allylic oxidation sites excluding steroid dienone is 1. The standard InChI is InChI=1S/C16H16N2O3/c1-9-7-8-11(13-12(9)15(20)18-16(13)21)17-14(19)10-5-3-2-4-6-10/h2-9,11-13H,1H3,(H,17,19)(H,18,20,21)/t9-,11+,12-,13+/m0/s1. The fourth-order valence-corrected chi connectivity index (χ4v) is 3.06. The van der Waals surface area contributed by atoms with Crippen LogP contribution < -0.4 is 10.6 Å². The second-order valence-corrected chi connectivity index (χ2v) is 5.51. The van der Waals surface area contributed by atoms with Crippen LogP contribution in [0.5, 0.6) is 0 Å². The highest BCUT2D eigenvalue weighted by Gasteiger charge is 2.49. The molecule has 4 atom stereocenters. The molecule has 1 fully saturated rings. The molecule has 0 aromatic heterocycles. The SMILES string of the molecule is C[C@H]1C=C[C@@H](NC(=O)c2ccccc2)[C@H]2C(=O)NC(=O)[C@H]21. The minimum absolute atomic E-state index is 0.00803. The first-order valence-corrected chi connectivity index (χ1v) is 6.97. The van der Waals surface area contributed by atoms with Crippen LogP contribution in [0.1, 0.15) is 17.3 Å². The highest BCUT2D eigenvalue weighted by atomic mass is 16.2. The molecule has 1 saturated heterocycles. The Bertz CT molecular complexity index is 624. The van der Waals surface area contributed by atoms with Gasteiger partial charge < -0.3 is 5.32 Å². The molecule has 0 saturated carbocycles. The second-order valence-electron chi connectivity index (χ2n) is 5.51. The van der Waals surface area contributed by atoms with Crippen LogP contribution in [0, 0.1) is 17.8 Å². The third-order valence-corrected chi connectivity index (χ3v) is 4.15. The number of amides is 3. The number of hydrogen-bond donors (Lipinski definition) is 2. The lowest BCUT2D eigenvalue weighted by atomic mass is 9.75. The maximum absolute atomic E-state index is 12.2. The summed E-state index contributed by atoms with van der Waals surface area (Å²) in [6.07, 6.45) is 3.69. The van der Waals surface area contributed by atoms with E-state index in [9.17, 15) is 14.4 Å². The molecule has 0 spiro atoms. The molecule has 5 nitrogen and oxygen atoms in total. The summed E-state index contributed by atoms with van der Waals surface area (Å²) in [5, 5.41) is 5.20. The fourth-order valence-electron chi connectivity index (χ4n) is 3.06. The predicted molar refractivity (Wildman–Crippen MR) is 76.1 cm³/mol. The molecule has 3 amide bonds. The van der Waals surface area contributed by atoms with Gasteiger partial charge in [0.1, 0.15) is 0 Å². The van der Waals surface area contributed by atoms with E-state index in [1.165, 1.54) is 0 Å². The smallest absolute Gasteiger partial charge is 0.251 e. The number of rotatable bonds is 2. The highest BCUT2D eigenvalue weighted by Crippen LogP contribution is 2.34. The van der Waals surface area contributed by atoms with Gasteiger partial charge in [-0.1, -0.05) is 37.3 Å². The first-order valence-electron chi connectivity index (χ1n) is 6.97. The van der Waals surface area contributed by atoms with E-state index in [1.807, 2.05) is 25.1 Å². The maximum Gasteiger partial charge on any atom is 0.251 e. The van der Waals surface area contributed by atoms with Crippen LogP contribution in [0.4, 0.5) is 0 Å². The molecule has 1 aromatic carbocycles. The summed E-state index contributed by atoms with van der Waals surface area (Å²) in [5.74, 6) is -1.73. The Balaban J connectivity index is 1.82. The highest BCUT2D eigenvalue weighted by molar-refractivity contribution is 6.06. The summed E-state index contributed by atoms with van der Waals surface area (Å²) in [6, 6.07) is 8.36. The van der Waals surface area contributed by atoms with E-state index >= 15 is 0 Å².